The maximum absolute atomic E-state index is 12.3. The maximum Gasteiger partial charge on any atom is 0.335 e. The van der Waals surface area contributed by atoms with Gasteiger partial charge in [-0.25, -0.2) is 9.52 Å². The lowest BCUT2D eigenvalue weighted by molar-refractivity contribution is 0.0696. The summed E-state index contributed by atoms with van der Waals surface area (Å²) >= 11 is 0. The van der Waals surface area contributed by atoms with Gasteiger partial charge in [0.2, 0.25) is 0 Å². The van der Waals surface area contributed by atoms with Crippen molar-refractivity contribution < 1.29 is 23.1 Å². The van der Waals surface area contributed by atoms with Crippen molar-refractivity contribution in [3.05, 3.63) is 29.3 Å². The first-order valence-corrected chi connectivity index (χ1v) is 8.42. The maximum atomic E-state index is 12.3. The summed E-state index contributed by atoms with van der Waals surface area (Å²) in [5.74, 6) is -1.90. The molecule has 2 N–H and O–H groups in total. The molecule has 1 aliphatic rings. The summed E-state index contributed by atoms with van der Waals surface area (Å²) in [7, 11) is 0.451. The number of hydrogen-bond donors (Lipinski definition) is 2. The van der Waals surface area contributed by atoms with E-state index in [4.69, 9.17) is 5.11 Å². The Labute approximate surface area is 134 Å². The van der Waals surface area contributed by atoms with Crippen LogP contribution in [0.25, 0.3) is 0 Å². The number of aromatic carboxylic acids is 1. The van der Waals surface area contributed by atoms with Crippen LogP contribution in [-0.2, 0) is 10.2 Å². The van der Waals surface area contributed by atoms with Gasteiger partial charge in [0, 0.05) is 27.2 Å². The summed E-state index contributed by atoms with van der Waals surface area (Å²) in [5, 5.41) is 9.11. The number of carboxylic acids is 1. The lowest BCUT2D eigenvalue weighted by Gasteiger charge is -2.22. The van der Waals surface area contributed by atoms with Gasteiger partial charge in [0.25, 0.3) is 5.91 Å². The molecule has 126 valence electrons. The summed E-state index contributed by atoms with van der Waals surface area (Å²) in [6, 6.07) is 4.23. The van der Waals surface area contributed by atoms with Gasteiger partial charge in [-0.15, -0.1) is 0 Å². The molecule has 2 rings (SSSR count). The second kappa shape index (κ2) is 6.17. The van der Waals surface area contributed by atoms with Crippen molar-refractivity contribution in [3.63, 3.8) is 0 Å². The van der Waals surface area contributed by atoms with E-state index in [0.29, 0.717) is 5.69 Å². The van der Waals surface area contributed by atoms with E-state index in [9.17, 15) is 18.0 Å². The van der Waals surface area contributed by atoms with Crippen molar-refractivity contribution in [2.24, 2.45) is 0 Å². The van der Waals surface area contributed by atoms with Crippen LogP contribution in [0.4, 0.5) is 5.69 Å². The molecule has 0 aliphatic heterocycles. The van der Waals surface area contributed by atoms with Gasteiger partial charge in [-0.2, -0.15) is 12.7 Å². The third-order valence-electron chi connectivity index (χ3n) is 3.67. The van der Waals surface area contributed by atoms with Crippen molar-refractivity contribution in [2.75, 3.05) is 26.0 Å². The lowest BCUT2D eigenvalue weighted by atomic mass is 10.1. The zero-order valence-electron chi connectivity index (χ0n) is 13.1. The molecule has 0 atom stereocenters. The molecule has 9 heteroatoms. The Hall–Kier alpha value is -2.13. The standard InChI is InChI=1S/C14H19N3O5S/c1-16(2)23(21,22)15-13(18)11-7-4-9(14(19)20)8-12(11)17(3)10-5-6-10/h4,7-8,10H,5-6H2,1-3H3,(H,15,18)(H,19,20). The van der Waals surface area contributed by atoms with E-state index in [1.165, 1.54) is 32.3 Å². The Morgan fingerprint density at radius 3 is 2.30 bits per heavy atom. The van der Waals surface area contributed by atoms with E-state index < -0.39 is 22.1 Å². The molecule has 1 aromatic rings. The number of nitrogens with zero attached hydrogens (tertiary/aromatic N) is 2. The first-order chi connectivity index (χ1) is 10.6. The molecule has 1 saturated carbocycles. The monoisotopic (exact) mass is 341 g/mol. The molecular weight excluding hydrogens is 322 g/mol. The normalized spacial score (nSPS) is 14.6. The van der Waals surface area contributed by atoms with Crippen LogP contribution in [-0.4, -0.2) is 56.9 Å². The number of carboxylic acid groups (broad SMARTS) is 1. The molecule has 0 unspecified atom stereocenters. The molecule has 1 aromatic carbocycles. The molecule has 8 nitrogen and oxygen atoms in total. The van der Waals surface area contributed by atoms with Gasteiger partial charge in [-0.3, -0.25) is 4.79 Å². The van der Waals surface area contributed by atoms with Gasteiger partial charge in [0.05, 0.1) is 16.8 Å². The fraction of sp³-hybridized carbons (Fsp3) is 0.429. The number of benzene rings is 1. The third-order valence-corrected chi connectivity index (χ3v) is 5.07. The van der Waals surface area contributed by atoms with Crippen LogP contribution >= 0.6 is 0 Å². The van der Waals surface area contributed by atoms with E-state index in [-0.39, 0.29) is 17.2 Å². The Morgan fingerprint density at radius 1 is 1.22 bits per heavy atom. The van der Waals surface area contributed by atoms with Gasteiger partial charge < -0.3 is 10.0 Å². The average molecular weight is 341 g/mol. The molecule has 23 heavy (non-hydrogen) atoms. The largest absolute Gasteiger partial charge is 0.478 e. The topological polar surface area (TPSA) is 107 Å². The highest BCUT2D eigenvalue weighted by Gasteiger charge is 2.30. The fourth-order valence-electron chi connectivity index (χ4n) is 2.07. The predicted octanol–water partition coefficient (Wildman–Crippen LogP) is 0.520. The van der Waals surface area contributed by atoms with Crippen molar-refractivity contribution in [1.82, 2.24) is 9.03 Å². The number of rotatable bonds is 6. The predicted molar refractivity (Wildman–Crippen MR) is 84.9 cm³/mol. The highest BCUT2D eigenvalue weighted by molar-refractivity contribution is 7.87. The smallest absolute Gasteiger partial charge is 0.335 e. The summed E-state index contributed by atoms with van der Waals surface area (Å²) < 4.78 is 26.5. The quantitative estimate of drug-likeness (QED) is 0.781. The Kier molecular flexibility index (Phi) is 4.62. The van der Waals surface area contributed by atoms with Crippen molar-refractivity contribution in [2.45, 2.75) is 18.9 Å². The highest BCUT2D eigenvalue weighted by atomic mass is 32.2. The Morgan fingerprint density at radius 2 is 1.83 bits per heavy atom. The van der Waals surface area contributed by atoms with E-state index in [2.05, 4.69) is 0 Å². The fourth-order valence-corrected chi connectivity index (χ4v) is 2.60. The van der Waals surface area contributed by atoms with Crippen LogP contribution in [0.5, 0.6) is 0 Å². The first-order valence-electron chi connectivity index (χ1n) is 6.98. The van der Waals surface area contributed by atoms with Crippen LogP contribution < -0.4 is 9.62 Å². The number of anilines is 1. The van der Waals surface area contributed by atoms with Gasteiger partial charge >= 0.3 is 16.2 Å². The van der Waals surface area contributed by atoms with Gasteiger partial charge in [0.15, 0.2) is 0 Å². The molecule has 0 aromatic heterocycles. The molecule has 0 heterocycles. The van der Waals surface area contributed by atoms with Gasteiger partial charge in [0.1, 0.15) is 0 Å². The number of amides is 1. The molecule has 1 fully saturated rings. The molecular formula is C14H19N3O5S. The van der Waals surface area contributed by atoms with E-state index in [1.807, 2.05) is 9.62 Å². The minimum Gasteiger partial charge on any atom is -0.478 e. The first kappa shape index (κ1) is 17.2. The van der Waals surface area contributed by atoms with Crippen LogP contribution in [0.1, 0.15) is 33.6 Å². The number of carbonyl (C=O) groups excluding carboxylic acids is 1. The van der Waals surface area contributed by atoms with E-state index >= 15 is 0 Å². The zero-order valence-corrected chi connectivity index (χ0v) is 13.9. The molecule has 0 radical (unpaired) electrons. The molecule has 0 saturated heterocycles. The minimum absolute atomic E-state index is 0.0412. The van der Waals surface area contributed by atoms with Crippen LogP contribution in [0.15, 0.2) is 18.2 Å². The molecule has 1 amide bonds. The second-order valence-electron chi connectivity index (χ2n) is 5.60. The summed E-state index contributed by atoms with van der Waals surface area (Å²) in [4.78, 5) is 25.3. The summed E-state index contributed by atoms with van der Waals surface area (Å²) in [6.45, 7) is 0. The minimum atomic E-state index is -3.92. The molecule has 1 aliphatic carbocycles. The van der Waals surface area contributed by atoms with Crippen molar-refractivity contribution in [3.8, 4) is 0 Å². The number of nitrogens with one attached hydrogen (secondary N) is 1. The van der Waals surface area contributed by atoms with Gasteiger partial charge in [-0.05, 0) is 31.0 Å². The zero-order chi connectivity index (χ0) is 17.4. The van der Waals surface area contributed by atoms with E-state index in [0.717, 1.165) is 17.1 Å². The van der Waals surface area contributed by atoms with Crippen LogP contribution in [0, 0.1) is 0 Å². The van der Waals surface area contributed by atoms with Crippen molar-refractivity contribution in [1.29, 1.82) is 0 Å². The average Bonchev–Trinajstić information content (AvgIpc) is 3.29. The van der Waals surface area contributed by atoms with E-state index in [1.54, 1.807) is 7.05 Å². The second-order valence-corrected chi connectivity index (χ2v) is 7.48. The molecule has 0 spiro atoms. The highest BCUT2D eigenvalue weighted by Crippen LogP contribution is 2.33. The summed E-state index contributed by atoms with van der Waals surface area (Å²) in [6.07, 6.45) is 1.90. The number of hydrogen-bond acceptors (Lipinski definition) is 5. The third kappa shape index (κ3) is 3.80. The lowest BCUT2D eigenvalue weighted by Crippen LogP contribution is -2.40. The summed E-state index contributed by atoms with van der Waals surface area (Å²) in [5.41, 5.74) is 0.563. The Balaban J connectivity index is 2.40. The van der Waals surface area contributed by atoms with Crippen molar-refractivity contribution >= 4 is 27.8 Å². The number of carbonyl (C=O) groups is 2. The Bertz CT molecular complexity index is 741. The molecule has 0 bridgehead atoms. The van der Waals surface area contributed by atoms with Gasteiger partial charge in [-0.1, -0.05) is 0 Å². The van der Waals surface area contributed by atoms with Crippen LogP contribution in [0.2, 0.25) is 0 Å². The SMILES string of the molecule is CN(c1cc(C(=O)O)ccc1C(=O)NS(=O)(=O)N(C)C)C1CC1. The van der Waals surface area contributed by atoms with Crippen LogP contribution in [0.3, 0.4) is 0 Å².